The molecular formula is C13H11FOS. The average molecular weight is 234 g/mol. The fourth-order valence-corrected chi connectivity index (χ4v) is 1.62. The van der Waals surface area contributed by atoms with E-state index in [-0.39, 0.29) is 5.82 Å². The van der Waals surface area contributed by atoms with Crippen LogP contribution in [0.1, 0.15) is 5.56 Å². The van der Waals surface area contributed by atoms with Crippen molar-refractivity contribution in [2.45, 2.75) is 11.5 Å². The molecule has 3 heteroatoms. The SMILES string of the molecule is Fc1cc(S)cc(OCc2ccccc2)c1. The molecule has 0 bridgehead atoms. The Morgan fingerprint density at radius 1 is 1.06 bits per heavy atom. The molecule has 1 nitrogen and oxygen atoms in total. The van der Waals surface area contributed by atoms with Crippen LogP contribution in [-0.4, -0.2) is 0 Å². The van der Waals surface area contributed by atoms with Gasteiger partial charge in [-0.3, -0.25) is 0 Å². The van der Waals surface area contributed by atoms with E-state index in [9.17, 15) is 4.39 Å². The van der Waals surface area contributed by atoms with Crippen LogP contribution in [0.25, 0.3) is 0 Å². The van der Waals surface area contributed by atoms with Gasteiger partial charge in [0.15, 0.2) is 0 Å². The molecular weight excluding hydrogens is 223 g/mol. The summed E-state index contributed by atoms with van der Waals surface area (Å²) in [5, 5.41) is 0. The zero-order valence-electron chi connectivity index (χ0n) is 8.56. The third kappa shape index (κ3) is 3.00. The molecule has 0 aromatic heterocycles. The van der Waals surface area contributed by atoms with Gasteiger partial charge in [0.2, 0.25) is 0 Å². The summed E-state index contributed by atoms with van der Waals surface area (Å²) in [5.41, 5.74) is 1.05. The normalized spacial score (nSPS) is 10.1. The molecule has 0 radical (unpaired) electrons. The van der Waals surface area contributed by atoms with Crippen molar-refractivity contribution < 1.29 is 9.13 Å². The maximum absolute atomic E-state index is 13.0. The number of ether oxygens (including phenoxy) is 1. The number of rotatable bonds is 3. The van der Waals surface area contributed by atoms with Crippen molar-refractivity contribution in [1.29, 1.82) is 0 Å². The Morgan fingerprint density at radius 3 is 2.50 bits per heavy atom. The van der Waals surface area contributed by atoms with Gasteiger partial charge in [-0.05, 0) is 17.7 Å². The standard InChI is InChI=1S/C13H11FOS/c14-11-6-12(8-13(16)7-11)15-9-10-4-2-1-3-5-10/h1-8,16H,9H2. The van der Waals surface area contributed by atoms with Gasteiger partial charge < -0.3 is 4.74 Å². The monoisotopic (exact) mass is 234 g/mol. The van der Waals surface area contributed by atoms with Gasteiger partial charge in [0.25, 0.3) is 0 Å². The first-order chi connectivity index (χ1) is 7.74. The van der Waals surface area contributed by atoms with Gasteiger partial charge in [0.05, 0.1) is 0 Å². The molecule has 0 atom stereocenters. The highest BCUT2D eigenvalue weighted by Gasteiger charge is 1.99. The molecule has 0 saturated carbocycles. The van der Waals surface area contributed by atoms with E-state index in [4.69, 9.17) is 4.74 Å². The third-order valence-electron chi connectivity index (χ3n) is 2.10. The first kappa shape index (κ1) is 11.0. The van der Waals surface area contributed by atoms with Crippen molar-refractivity contribution in [3.63, 3.8) is 0 Å². The summed E-state index contributed by atoms with van der Waals surface area (Å²) in [6.45, 7) is 0.428. The highest BCUT2D eigenvalue weighted by atomic mass is 32.1. The largest absolute Gasteiger partial charge is 0.489 e. The van der Waals surface area contributed by atoms with Crippen LogP contribution in [0.3, 0.4) is 0 Å². The van der Waals surface area contributed by atoms with Crippen LogP contribution < -0.4 is 4.74 Å². The Hall–Kier alpha value is -1.48. The number of halogens is 1. The van der Waals surface area contributed by atoms with Crippen LogP contribution in [0.4, 0.5) is 4.39 Å². The van der Waals surface area contributed by atoms with Gasteiger partial charge in [-0.15, -0.1) is 12.6 Å². The van der Waals surface area contributed by atoms with Crippen molar-refractivity contribution >= 4 is 12.6 Å². The molecule has 0 saturated heterocycles. The molecule has 0 N–H and O–H groups in total. The summed E-state index contributed by atoms with van der Waals surface area (Å²) in [7, 11) is 0. The summed E-state index contributed by atoms with van der Waals surface area (Å²) in [4.78, 5) is 0.558. The fraction of sp³-hybridized carbons (Fsp3) is 0.0769. The molecule has 0 aliphatic rings. The smallest absolute Gasteiger partial charge is 0.128 e. The van der Waals surface area contributed by atoms with E-state index >= 15 is 0 Å². The molecule has 0 fully saturated rings. The Labute approximate surface area is 99.3 Å². The first-order valence-corrected chi connectivity index (χ1v) is 5.35. The second kappa shape index (κ2) is 5.03. The third-order valence-corrected chi connectivity index (χ3v) is 2.36. The Kier molecular flexibility index (Phi) is 3.47. The molecule has 0 unspecified atom stereocenters. The lowest BCUT2D eigenvalue weighted by molar-refractivity contribution is 0.304. The van der Waals surface area contributed by atoms with Crippen molar-refractivity contribution in [2.75, 3.05) is 0 Å². The van der Waals surface area contributed by atoms with Crippen LogP contribution in [0, 0.1) is 5.82 Å². The van der Waals surface area contributed by atoms with E-state index in [0.717, 1.165) is 5.56 Å². The molecule has 0 aliphatic carbocycles. The van der Waals surface area contributed by atoms with Crippen molar-refractivity contribution in [2.24, 2.45) is 0 Å². The van der Waals surface area contributed by atoms with Gasteiger partial charge in [-0.2, -0.15) is 0 Å². The van der Waals surface area contributed by atoms with Crippen molar-refractivity contribution in [3.8, 4) is 5.75 Å². The first-order valence-electron chi connectivity index (χ1n) is 4.90. The summed E-state index contributed by atoms with van der Waals surface area (Å²) in [6, 6.07) is 14.1. The van der Waals surface area contributed by atoms with Gasteiger partial charge in [-0.1, -0.05) is 30.3 Å². The van der Waals surface area contributed by atoms with E-state index in [1.807, 2.05) is 30.3 Å². The predicted octanol–water partition coefficient (Wildman–Crippen LogP) is 3.69. The predicted molar refractivity (Wildman–Crippen MR) is 64.4 cm³/mol. The van der Waals surface area contributed by atoms with Gasteiger partial charge in [0, 0.05) is 11.0 Å². The molecule has 0 spiro atoms. The summed E-state index contributed by atoms with van der Waals surface area (Å²) < 4.78 is 18.5. The molecule has 82 valence electrons. The second-order valence-electron chi connectivity index (χ2n) is 3.42. The molecule has 2 rings (SSSR count). The quantitative estimate of drug-likeness (QED) is 0.797. The van der Waals surface area contributed by atoms with Crippen LogP contribution >= 0.6 is 12.6 Å². The lowest BCUT2D eigenvalue weighted by Crippen LogP contribution is -1.95. The highest BCUT2D eigenvalue weighted by molar-refractivity contribution is 7.80. The highest BCUT2D eigenvalue weighted by Crippen LogP contribution is 2.19. The second-order valence-corrected chi connectivity index (χ2v) is 3.94. The molecule has 16 heavy (non-hydrogen) atoms. The van der Waals surface area contributed by atoms with E-state index in [1.165, 1.54) is 12.1 Å². The van der Waals surface area contributed by atoms with E-state index in [2.05, 4.69) is 12.6 Å². The summed E-state index contributed by atoms with van der Waals surface area (Å²) in [5.74, 6) is 0.157. The summed E-state index contributed by atoms with van der Waals surface area (Å²) >= 11 is 4.08. The molecule has 0 heterocycles. The lowest BCUT2D eigenvalue weighted by atomic mass is 10.2. The minimum Gasteiger partial charge on any atom is -0.489 e. The van der Waals surface area contributed by atoms with Crippen molar-refractivity contribution in [3.05, 3.63) is 59.9 Å². The van der Waals surface area contributed by atoms with Crippen molar-refractivity contribution in [1.82, 2.24) is 0 Å². The molecule has 0 amide bonds. The lowest BCUT2D eigenvalue weighted by Gasteiger charge is -2.06. The maximum atomic E-state index is 13.0. The maximum Gasteiger partial charge on any atom is 0.128 e. The number of thiol groups is 1. The van der Waals surface area contributed by atoms with E-state index in [1.54, 1.807) is 6.07 Å². The Morgan fingerprint density at radius 2 is 1.81 bits per heavy atom. The average Bonchev–Trinajstić information content (AvgIpc) is 2.27. The van der Waals surface area contributed by atoms with Gasteiger partial charge in [0.1, 0.15) is 18.2 Å². The number of hydrogen-bond acceptors (Lipinski definition) is 2. The Bertz CT molecular complexity index is 450. The minimum absolute atomic E-state index is 0.337. The molecule has 0 aliphatic heterocycles. The summed E-state index contributed by atoms with van der Waals surface area (Å²) in [6.07, 6.45) is 0. The number of benzene rings is 2. The Balaban J connectivity index is 2.05. The van der Waals surface area contributed by atoms with E-state index in [0.29, 0.717) is 17.3 Å². The molecule has 2 aromatic carbocycles. The van der Waals surface area contributed by atoms with Gasteiger partial charge >= 0.3 is 0 Å². The van der Waals surface area contributed by atoms with Crippen LogP contribution in [0.2, 0.25) is 0 Å². The van der Waals surface area contributed by atoms with Crippen LogP contribution in [-0.2, 0) is 6.61 Å². The minimum atomic E-state index is -0.337. The van der Waals surface area contributed by atoms with E-state index < -0.39 is 0 Å². The topological polar surface area (TPSA) is 9.23 Å². The zero-order chi connectivity index (χ0) is 11.4. The zero-order valence-corrected chi connectivity index (χ0v) is 9.45. The van der Waals surface area contributed by atoms with Gasteiger partial charge in [-0.25, -0.2) is 4.39 Å². The molecule has 2 aromatic rings. The van der Waals surface area contributed by atoms with Crippen LogP contribution in [0.5, 0.6) is 5.75 Å². The van der Waals surface area contributed by atoms with Crippen LogP contribution in [0.15, 0.2) is 53.4 Å². The number of hydrogen-bond donors (Lipinski definition) is 1. The fourth-order valence-electron chi connectivity index (χ4n) is 1.37.